The molecule has 0 radical (unpaired) electrons. The maximum Gasteiger partial charge on any atom is 0.332 e. The summed E-state index contributed by atoms with van der Waals surface area (Å²) in [6, 6.07) is 3.47. The first-order valence-electron chi connectivity index (χ1n) is 6.04. The number of carboxylic acid groups (broad SMARTS) is 1. The number of aryl methyl sites for hydroxylation is 1. The number of allylic oxidation sites excluding steroid dienone is 1. The second kappa shape index (κ2) is 5.08. The van der Waals surface area contributed by atoms with Crippen molar-refractivity contribution in [2.75, 3.05) is 4.83 Å². The molecule has 0 aliphatic heterocycles. The molecule has 0 bridgehead atoms. The fourth-order valence-corrected chi connectivity index (χ4v) is 3.65. The molecule has 0 amide bonds. The Hall–Kier alpha value is -1.76. The number of aromatic nitrogens is 1. The van der Waals surface area contributed by atoms with Crippen LogP contribution in [0.5, 0.6) is 0 Å². The number of nitrogens with one attached hydrogen (secondary N) is 1. The molecule has 104 valence electrons. The summed E-state index contributed by atoms with van der Waals surface area (Å²) in [6.07, 6.45) is 3.56. The first-order valence-corrected chi connectivity index (χ1v) is 7.52. The molecule has 0 spiro atoms. The minimum Gasteiger partial charge on any atom is -0.478 e. The van der Waals surface area contributed by atoms with E-state index >= 15 is 0 Å². The summed E-state index contributed by atoms with van der Waals surface area (Å²) in [5.74, 6) is -1.15. The summed E-state index contributed by atoms with van der Waals surface area (Å²) in [6.45, 7) is 1.76. The number of sulfonamides is 1. The van der Waals surface area contributed by atoms with Crippen molar-refractivity contribution in [1.82, 2.24) is 4.68 Å². The van der Waals surface area contributed by atoms with E-state index in [4.69, 9.17) is 5.11 Å². The third-order valence-corrected chi connectivity index (χ3v) is 4.71. The Bertz CT molecular complexity index is 628. The van der Waals surface area contributed by atoms with E-state index in [2.05, 4.69) is 4.83 Å². The molecular formula is C12H16N2O4S. The first kappa shape index (κ1) is 13.7. The minimum absolute atomic E-state index is 0.000602. The lowest BCUT2D eigenvalue weighted by Gasteiger charge is -2.19. The van der Waals surface area contributed by atoms with Gasteiger partial charge in [-0.1, -0.05) is 0 Å². The zero-order valence-corrected chi connectivity index (χ0v) is 11.4. The second-order valence-corrected chi connectivity index (χ2v) is 6.21. The summed E-state index contributed by atoms with van der Waals surface area (Å²) in [4.78, 5) is 13.5. The van der Waals surface area contributed by atoms with Crippen LogP contribution < -0.4 is 4.83 Å². The van der Waals surface area contributed by atoms with E-state index in [9.17, 15) is 13.2 Å². The van der Waals surface area contributed by atoms with Gasteiger partial charge in [-0.15, -0.1) is 0 Å². The number of carbonyl (C=O) groups is 1. The normalized spacial score (nSPS) is 16.5. The number of nitrogens with zero attached hydrogens (tertiary/aromatic N) is 1. The maximum absolute atomic E-state index is 12.3. The van der Waals surface area contributed by atoms with Crippen LogP contribution in [-0.2, 0) is 14.8 Å². The van der Waals surface area contributed by atoms with Gasteiger partial charge in [0.1, 0.15) is 0 Å². The Labute approximate surface area is 111 Å². The van der Waals surface area contributed by atoms with Crippen molar-refractivity contribution >= 4 is 16.0 Å². The highest BCUT2D eigenvalue weighted by atomic mass is 32.2. The molecule has 19 heavy (non-hydrogen) atoms. The van der Waals surface area contributed by atoms with Crippen LogP contribution in [0, 0.1) is 6.92 Å². The van der Waals surface area contributed by atoms with Gasteiger partial charge in [0.15, 0.2) is 0 Å². The Morgan fingerprint density at radius 1 is 1.37 bits per heavy atom. The third-order valence-electron chi connectivity index (χ3n) is 3.17. The van der Waals surface area contributed by atoms with Gasteiger partial charge in [-0.2, -0.15) is 0 Å². The van der Waals surface area contributed by atoms with Crippen LogP contribution in [0.15, 0.2) is 28.8 Å². The Balaban J connectivity index is 2.38. The zero-order chi connectivity index (χ0) is 14.0. The van der Waals surface area contributed by atoms with Crippen molar-refractivity contribution in [2.45, 2.75) is 32.6 Å². The number of rotatable bonds is 4. The average Bonchev–Trinajstić information content (AvgIpc) is 2.74. The quantitative estimate of drug-likeness (QED) is 0.878. The summed E-state index contributed by atoms with van der Waals surface area (Å²) in [5.41, 5.74) is 0.736. The molecule has 2 rings (SSSR count). The van der Waals surface area contributed by atoms with Crippen molar-refractivity contribution in [3.63, 3.8) is 0 Å². The maximum atomic E-state index is 12.3. The zero-order valence-electron chi connectivity index (χ0n) is 10.6. The molecule has 0 saturated carbocycles. The molecule has 6 nitrogen and oxygen atoms in total. The fourth-order valence-electron chi connectivity index (χ4n) is 2.15. The third kappa shape index (κ3) is 2.81. The summed E-state index contributed by atoms with van der Waals surface area (Å²) < 4.78 is 25.9. The molecule has 1 heterocycles. The van der Waals surface area contributed by atoms with Gasteiger partial charge < -0.3 is 5.11 Å². The van der Waals surface area contributed by atoms with Gasteiger partial charge in [-0.3, -0.25) is 4.68 Å². The minimum atomic E-state index is -3.81. The Morgan fingerprint density at radius 2 is 2.05 bits per heavy atom. The molecule has 0 unspecified atom stereocenters. The lowest BCUT2D eigenvalue weighted by atomic mass is 9.99. The molecule has 1 aliphatic rings. The van der Waals surface area contributed by atoms with Gasteiger partial charge in [0.2, 0.25) is 0 Å². The van der Waals surface area contributed by atoms with Gasteiger partial charge in [-0.05, 0) is 44.7 Å². The summed E-state index contributed by atoms with van der Waals surface area (Å²) in [5, 5.41) is 9.10. The highest BCUT2D eigenvalue weighted by Gasteiger charge is 2.28. The van der Waals surface area contributed by atoms with Crippen molar-refractivity contribution in [3.8, 4) is 0 Å². The first-order chi connectivity index (χ1) is 8.92. The second-order valence-electron chi connectivity index (χ2n) is 4.53. The molecule has 1 aromatic heterocycles. The van der Waals surface area contributed by atoms with Crippen LogP contribution in [0.25, 0.3) is 0 Å². The van der Waals surface area contributed by atoms with Crippen LogP contribution in [0.4, 0.5) is 0 Å². The van der Waals surface area contributed by atoms with Crippen LogP contribution in [-0.4, -0.2) is 24.2 Å². The van der Waals surface area contributed by atoms with Gasteiger partial charge in [-0.25, -0.2) is 18.0 Å². The molecule has 1 aromatic rings. The van der Waals surface area contributed by atoms with Crippen LogP contribution in [0.2, 0.25) is 0 Å². The van der Waals surface area contributed by atoms with E-state index in [0.29, 0.717) is 19.3 Å². The van der Waals surface area contributed by atoms with Crippen molar-refractivity contribution in [2.24, 2.45) is 0 Å². The monoisotopic (exact) mass is 284 g/mol. The highest BCUT2D eigenvalue weighted by molar-refractivity contribution is 7.96. The predicted octanol–water partition coefficient (Wildman–Crippen LogP) is 1.58. The van der Waals surface area contributed by atoms with Crippen LogP contribution in [0.3, 0.4) is 0 Å². The molecule has 0 saturated heterocycles. The van der Waals surface area contributed by atoms with Gasteiger partial charge in [0.25, 0.3) is 10.0 Å². The van der Waals surface area contributed by atoms with Crippen molar-refractivity contribution < 1.29 is 18.3 Å². The molecule has 1 aliphatic carbocycles. The number of aliphatic carboxylic acids is 1. The lowest BCUT2D eigenvalue weighted by Crippen LogP contribution is -2.27. The average molecular weight is 284 g/mol. The van der Waals surface area contributed by atoms with E-state index in [1.54, 1.807) is 25.3 Å². The molecule has 0 atom stereocenters. The van der Waals surface area contributed by atoms with Crippen molar-refractivity contribution in [3.05, 3.63) is 34.5 Å². The van der Waals surface area contributed by atoms with Crippen LogP contribution in [0.1, 0.15) is 31.4 Å². The Morgan fingerprint density at radius 3 is 2.63 bits per heavy atom. The molecule has 2 N–H and O–H groups in total. The Kier molecular flexibility index (Phi) is 3.66. The van der Waals surface area contributed by atoms with E-state index in [1.807, 2.05) is 0 Å². The SMILES string of the molecule is Cc1cccn1NS(=O)(=O)C1=C(C(=O)O)CCCC1. The number of hydrogen-bond donors (Lipinski definition) is 2. The lowest BCUT2D eigenvalue weighted by molar-refractivity contribution is -0.132. The van der Waals surface area contributed by atoms with Crippen LogP contribution >= 0.6 is 0 Å². The van der Waals surface area contributed by atoms with Gasteiger partial charge >= 0.3 is 5.97 Å². The number of hydrogen-bond acceptors (Lipinski definition) is 3. The summed E-state index contributed by atoms with van der Waals surface area (Å²) >= 11 is 0. The van der Waals surface area contributed by atoms with E-state index < -0.39 is 16.0 Å². The fraction of sp³-hybridized carbons (Fsp3) is 0.417. The molecule has 0 aromatic carbocycles. The van der Waals surface area contributed by atoms with E-state index in [-0.39, 0.29) is 16.9 Å². The van der Waals surface area contributed by atoms with E-state index in [0.717, 1.165) is 5.69 Å². The highest BCUT2D eigenvalue weighted by Crippen LogP contribution is 2.28. The van der Waals surface area contributed by atoms with Gasteiger partial charge in [0.05, 0.1) is 10.5 Å². The van der Waals surface area contributed by atoms with E-state index in [1.165, 1.54) is 4.68 Å². The smallest absolute Gasteiger partial charge is 0.332 e. The molecule has 7 heteroatoms. The number of carboxylic acids is 1. The standard InChI is InChI=1S/C12H16N2O4S/c1-9-5-4-8-14(9)13-19(17,18)11-7-3-2-6-10(11)12(15)16/h4-5,8,13H,2-3,6-7H2,1H3,(H,15,16). The van der Waals surface area contributed by atoms with Crippen molar-refractivity contribution in [1.29, 1.82) is 0 Å². The van der Waals surface area contributed by atoms with Gasteiger partial charge in [0, 0.05) is 11.9 Å². The predicted molar refractivity (Wildman–Crippen MR) is 70.6 cm³/mol. The summed E-state index contributed by atoms with van der Waals surface area (Å²) in [7, 11) is -3.81. The topological polar surface area (TPSA) is 88.4 Å². The molecule has 0 fully saturated rings. The molecular weight excluding hydrogens is 268 g/mol. The largest absolute Gasteiger partial charge is 0.478 e.